The summed E-state index contributed by atoms with van der Waals surface area (Å²) in [6.45, 7) is 6.67. The average molecular weight is 247 g/mol. The van der Waals surface area contributed by atoms with Gasteiger partial charge in [-0.15, -0.1) is 12.6 Å². The molecule has 0 aromatic heterocycles. The maximum absolute atomic E-state index is 4.93. The third-order valence-electron chi connectivity index (χ3n) is 4.31. The Balaban J connectivity index is 2.28. The van der Waals surface area contributed by atoms with Crippen molar-refractivity contribution in [2.24, 2.45) is 0 Å². The molecule has 0 spiro atoms. The van der Waals surface area contributed by atoms with E-state index in [4.69, 9.17) is 12.6 Å². The predicted octanol–water partition coefficient (Wildman–Crippen LogP) is 2.15. The van der Waals surface area contributed by atoms with E-state index in [0.717, 1.165) is 13.1 Å². The molecule has 0 fully saturated rings. The number of nitrogens with zero attached hydrogens (tertiary/aromatic N) is 2. The van der Waals surface area contributed by atoms with Crippen molar-refractivity contribution < 1.29 is 4.58 Å². The molecule has 0 N–H and O–H groups in total. The summed E-state index contributed by atoms with van der Waals surface area (Å²) in [5.41, 5.74) is 2.80. The van der Waals surface area contributed by atoms with Gasteiger partial charge >= 0.3 is 0 Å². The lowest BCUT2D eigenvalue weighted by atomic mass is 9.84. The van der Waals surface area contributed by atoms with Crippen molar-refractivity contribution in [2.75, 3.05) is 20.1 Å². The van der Waals surface area contributed by atoms with Crippen LogP contribution in [-0.2, 0) is 0 Å². The van der Waals surface area contributed by atoms with E-state index in [2.05, 4.69) is 54.6 Å². The molecule has 1 aromatic rings. The van der Waals surface area contributed by atoms with Gasteiger partial charge < -0.3 is 0 Å². The van der Waals surface area contributed by atoms with E-state index in [0.29, 0.717) is 5.92 Å². The minimum absolute atomic E-state index is 0.0888. The Labute approximate surface area is 108 Å². The van der Waals surface area contributed by atoms with Crippen LogP contribution in [0.15, 0.2) is 24.3 Å². The molecule has 2 atom stereocenters. The van der Waals surface area contributed by atoms with E-state index < -0.39 is 0 Å². The first kappa shape index (κ1) is 11.1. The molecule has 0 bridgehead atoms. The number of benzene rings is 1. The normalized spacial score (nSPS) is 31.5. The van der Waals surface area contributed by atoms with Crippen molar-refractivity contribution in [1.29, 1.82) is 0 Å². The molecule has 1 unspecified atom stereocenters. The number of hydrogen-bond acceptors (Lipinski definition) is 2. The second-order valence-electron chi connectivity index (χ2n) is 5.30. The highest BCUT2D eigenvalue weighted by Crippen LogP contribution is 2.43. The monoisotopic (exact) mass is 247 g/mol. The third kappa shape index (κ3) is 1.38. The van der Waals surface area contributed by atoms with E-state index in [1.165, 1.54) is 17.0 Å². The van der Waals surface area contributed by atoms with Crippen LogP contribution < -0.4 is 0 Å². The fourth-order valence-electron chi connectivity index (χ4n) is 3.07. The number of hydrogen-bond donors (Lipinski definition) is 1. The van der Waals surface area contributed by atoms with E-state index in [1.54, 1.807) is 0 Å². The molecule has 2 heterocycles. The second kappa shape index (κ2) is 3.52. The summed E-state index contributed by atoms with van der Waals surface area (Å²) in [7, 11) is 2.17. The Morgan fingerprint density at radius 2 is 2.12 bits per heavy atom. The van der Waals surface area contributed by atoms with Crippen LogP contribution in [-0.4, -0.2) is 40.3 Å². The van der Waals surface area contributed by atoms with E-state index in [9.17, 15) is 0 Å². The average Bonchev–Trinajstić information content (AvgIpc) is 2.70. The molecule has 2 aliphatic heterocycles. The molecular formula is C14H19N2S+. The van der Waals surface area contributed by atoms with Crippen molar-refractivity contribution >= 4 is 18.5 Å². The van der Waals surface area contributed by atoms with Gasteiger partial charge in [-0.3, -0.25) is 4.58 Å². The predicted molar refractivity (Wildman–Crippen MR) is 74.1 cm³/mol. The van der Waals surface area contributed by atoms with E-state index in [-0.39, 0.29) is 4.87 Å². The number of fused-ring (bicyclic) bond motifs is 3. The van der Waals surface area contributed by atoms with Crippen LogP contribution in [0.3, 0.4) is 0 Å². The number of amidine groups is 1. The van der Waals surface area contributed by atoms with Crippen LogP contribution in [0.5, 0.6) is 0 Å². The van der Waals surface area contributed by atoms with Crippen LogP contribution >= 0.6 is 12.6 Å². The van der Waals surface area contributed by atoms with Crippen molar-refractivity contribution in [2.45, 2.75) is 24.6 Å². The summed E-state index contributed by atoms with van der Waals surface area (Å²) in [4.78, 5) is 2.36. The van der Waals surface area contributed by atoms with Crippen LogP contribution in [0.2, 0.25) is 0 Å². The van der Waals surface area contributed by atoms with Crippen LogP contribution in [0, 0.1) is 0 Å². The van der Waals surface area contributed by atoms with Gasteiger partial charge in [-0.1, -0.05) is 25.1 Å². The van der Waals surface area contributed by atoms with Gasteiger partial charge in [0.15, 0.2) is 4.87 Å². The molecule has 0 aliphatic carbocycles. The van der Waals surface area contributed by atoms with Crippen molar-refractivity contribution in [3.8, 4) is 0 Å². The lowest BCUT2D eigenvalue weighted by Gasteiger charge is -2.40. The van der Waals surface area contributed by atoms with Gasteiger partial charge in [0.1, 0.15) is 13.1 Å². The topological polar surface area (TPSA) is 6.25 Å². The minimum atomic E-state index is -0.0888. The standard InChI is InChI=1S/C14H18N2S/c1-10-11-6-4-5-7-12(11)13-15(3)8-9-16(13)14(10,2)17/h4-7,10H,8-9H2,1-3H3/p+1/t10?,14-/m0/s1. The quantitative estimate of drug-likeness (QED) is 0.544. The Hall–Kier alpha value is -0.960. The summed E-state index contributed by atoms with van der Waals surface area (Å²) in [5, 5.41) is 0. The lowest BCUT2D eigenvalue weighted by Crippen LogP contribution is -2.52. The third-order valence-corrected chi connectivity index (χ3v) is 4.94. The van der Waals surface area contributed by atoms with Gasteiger partial charge in [0.2, 0.25) is 0 Å². The molecule has 3 heteroatoms. The van der Waals surface area contributed by atoms with Gasteiger partial charge in [0.25, 0.3) is 5.84 Å². The second-order valence-corrected chi connectivity index (χ2v) is 6.21. The van der Waals surface area contributed by atoms with Crippen LogP contribution in [0.4, 0.5) is 0 Å². The van der Waals surface area contributed by atoms with Crippen molar-refractivity contribution in [3.63, 3.8) is 0 Å². The molecule has 17 heavy (non-hydrogen) atoms. The highest BCUT2D eigenvalue weighted by Gasteiger charge is 2.51. The van der Waals surface area contributed by atoms with Crippen LogP contribution in [0.1, 0.15) is 30.9 Å². The van der Waals surface area contributed by atoms with Crippen molar-refractivity contribution in [1.82, 2.24) is 4.90 Å². The molecule has 0 radical (unpaired) electrons. The van der Waals surface area contributed by atoms with Gasteiger partial charge in [-0.05, 0) is 18.6 Å². The first-order chi connectivity index (χ1) is 8.03. The van der Waals surface area contributed by atoms with E-state index >= 15 is 0 Å². The Kier molecular flexibility index (Phi) is 2.31. The van der Waals surface area contributed by atoms with Crippen molar-refractivity contribution in [3.05, 3.63) is 35.4 Å². The maximum atomic E-state index is 4.93. The van der Waals surface area contributed by atoms with Gasteiger partial charge in [-0.25, -0.2) is 4.90 Å². The maximum Gasteiger partial charge on any atom is 0.280 e. The summed E-state index contributed by atoms with van der Waals surface area (Å²) < 4.78 is 2.35. The molecule has 0 amide bonds. The lowest BCUT2D eigenvalue weighted by molar-refractivity contribution is -0.486. The molecular weight excluding hydrogens is 228 g/mol. The molecule has 90 valence electrons. The fourth-order valence-corrected chi connectivity index (χ4v) is 3.40. The number of rotatable bonds is 0. The zero-order chi connectivity index (χ0) is 12.2. The fraction of sp³-hybridized carbons (Fsp3) is 0.500. The molecule has 0 saturated heterocycles. The minimum Gasteiger partial charge on any atom is -0.260 e. The van der Waals surface area contributed by atoms with Gasteiger partial charge in [0.05, 0.1) is 12.6 Å². The Morgan fingerprint density at radius 3 is 2.88 bits per heavy atom. The first-order valence-corrected chi connectivity index (χ1v) is 6.65. The Bertz CT molecular complexity index is 505. The zero-order valence-corrected chi connectivity index (χ0v) is 11.5. The zero-order valence-electron chi connectivity index (χ0n) is 10.6. The SMILES string of the molecule is CC1c2ccccc2C2=[N+](C)CCN2[C@@]1(C)S. The summed E-state index contributed by atoms with van der Waals surface area (Å²) in [6.07, 6.45) is 0. The molecule has 3 rings (SSSR count). The van der Waals surface area contributed by atoms with Gasteiger partial charge in [0, 0.05) is 5.92 Å². The highest BCUT2D eigenvalue weighted by molar-refractivity contribution is 7.81. The largest absolute Gasteiger partial charge is 0.280 e. The van der Waals surface area contributed by atoms with Gasteiger partial charge in [-0.2, -0.15) is 0 Å². The molecule has 0 saturated carbocycles. The molecule has 1 aromatic carbocycles. The molecule has 2 nitrogen and oxygen atoms in total. The smallest absolute Gasteiger partial charge is 0.260 e. The van der Waals surface area contributed by atoms with Crippen LogP contribution in [0.25, 0.3) is 0 Å². The first-order valence-electron chi connectivity index (χ1n) is 6.21. The summed E-state index contributed by atoms with van der Waals surface area (Å²) in [5.74, 6) is 1.79. The molecule has 2 aliphatic rings. The number of thiol groups is 1. The highest BCUT2D eigenvalue weighted by atomic mass is 32.1. The number of likely N-dealkylation sites (N-methyl/N-ethyl adjacent to an activating group) is 1. The summed E-state index contributed by atoms with van der Waals surface area (Å²) in [6, 6.07) is 8.73. The summed E-state index contributed by atoms with van der Waals surface area (Å²) >= 11 is 4.93. The van der Waals surface area contributed by atoms with E-state index in [1.807, 2.05) is 0 Å². The Morgan fingerprint density at radius 1 is 1.41 bits per heavy atom.